The second-order valence-corrected chi connectivity index (χ2v) is 9.24. The molecule has 0 amide bonds. The fourth-order valence-corrected chi connectivity index (χ4v) is 5.48. The SMILES string of the molecule is O=S(=O)([N-][C@@H]1CCCCC1N1CCC([NH+]2CCCC2)CC1)C(F)(F)F. The first-order valence-electron chi connectivity index (χ1n) is 9.40. The van der Waals surface area contributed by atoms with Gasteiger partial charge in [-0.05, 0) is 12.5 Å². The van der Waals surface area contributed by atoms with Gasteiger partial charge in [-0.2, -0.15) is 13.2 Å². The lowest BCUT2D eigenvalue weighted by Crippen LogP contribution is -3.14. The molecule has 25 heavy (non-hydrogen) atoms. The maximum Gasteiger partial charge on any atom is 0.480 e. The number of likely N-dealkylation sites (tertiary alicyclic amines) is 2. The van der Waals surface area contributed by atoms with Crippen LogP contribution >= 0.6 is 0 Å². The normalized spacial score (nSPS) is 31.5. The molecule has 0 bridgehead atoms. The zero-order chi connectivity index (χ0) is 18.1. The standard InChI is InChI=1S/C16H27F3N3O2S/c17-16(18,19)25(23,24)20-14-5-1-2-6-15(14)22-11-7-13(8-12-22)21-9-3-4-10-21/h13-15H,1-12H2/q-1/p+1/t14-,15?/m1/s1. The number of hydrogen-bond acceptors (Lipinski definition) is 3. The van der Waals surface area contributed by atoms with Gasteiger partial charge in [-0.15, -0.1) is 6.04 Å². The second-order valence-electron chi connectivity index (χ2n) is 7.62. The smallest absolute Gasteiger partial charge is 0.480 e. The largest absolute Gasteiger partial charge is 0.537 e. The molecule has 1 N–H and O–H groups in total. The van der Waals surface area contributed by atoms with E-state index in [1.807, 2.05) is 0 Å². The number of alkyl halides is 3. The monoisotopic (exact) mass is 383 g/mol. The van der Waals surface area contributed by atoms with E-state index in [9.17, 15) is 21.6 Å². The first-order valence-corrected chi connectivity index (χ1v) is 10.8. The van der Waals surface area contributed by atoms with Crippen LogP contribution in [0.1, 0.15) is 51.4 Å². The number of hydrogen-bond donors (Lipinski definition) is 1. The number of nitrogens with zero attached hydrogens (tertiary/aromatic N) is 2. The molecule has 1 unspecified atom stereocenters. The summed E-state index contributed by atoms with van der Waals surface area (Å²) in [5.74, 6) is 0. The van der Waals surface area contributed by atoms with Gasteiger partial charge in [0, 0.05) is 38.8 Å². The molecule has 0 aromatic rings. The summed E-state index contributed by atoms with van der Waals surface area (Å²) in [6.45, 7) is 4.15. The number of sulfonamides is 1. The number of rotatable bonds is 4. The lowest BCUT2D eigenvalue weighted by Gasteiger charge is -2.48. The van der Waals surface area contributed by atoms with Crippen molar-refractivity contribution >= 4 is 10.0 Å². The molecule has 1 saturated carbocycles. The van der Waals surface area contributed by atoms with Crippen molar-refractivity contribution in [3.63, 3.8) is 0 Å². The van der Waals surface area contributed by atoms with Crippen LogP contribution in [0.2, 0.25) is 0 Å². The molecule has 0 spiro atoms. The van der Waals surface area contributed by atoms with Gasteiger partial charge in [0.2, 0.25) is 0 Å². The van der Waals surface area contributed by atoms with Crippen LogP contribution in [0.5, 0.6) is 0 Å². The summed E-state index contributed by atoms with van der Waals surface area (Å²) in [6, 6.07) is -0.270. The van der Waals surface area contributed by atoms with Crippen molar-refractivity contribution in [1.29, 1.82) is 0 Å². The van der Waals surface area contributed by atoms with E-state index in [4.69, 9.17) is 0 Å². The van der Waals surface area contributed by atoms with Gasteiger partial charge >= 0.3 is 5.51 Å². The van der Waals surface area contributed by atoms with E-state index in [2.05, 4.69) is 9.62 Å². The summed E-state index contributed by atoms with van der Waals surface area (Å²) in [5, 5.41) is 0. The summed E-state index contributed by atoms with van der Waals surface area (Å²) in [4.78, 5) is 3.87. The number of nitrogens with one attached hydrogen (secondary N) is 1. The summed E-state index contributed by atoms with van der Waals surface area (Å²) < 4.78 is 64.3. The zero-order valence-electron chi connectivity index (χ0n) is 14.5. The lowest BCUT2D eigenvalue weighted by atomic mass is 9.88. The molecule has 9 heteroatoms. The fraction of sp³-hybridized carbons (Fsp3) is 1.00. The third kappa shape index (κ3) is 4.48. The van der Waals surface area contributed by atoms with E-state index in [0.717, 1.165) is 45.2 Å². The Morgan fingerprint density at radius 1 is 0.920 bits per heavy atom. The molecule has 3 rings (SSSR count). The third-order valence-corrected chi connectivity index (χ3v) is 7.22. The Morgan fingerprint density at radius 2 is 1.52 bits per heavy atom. The second kappa shape index (κ2) is 7.70. The average Bonchev–Trinajstić information content (AvgIpc) is 3.09. The predicted octanol–water partition coefficient (Wildman–Crippen LogP) is 1.66. The minimum absolute atomic E-state index is 0.166. The molecule has 0 aromatic carbocycles. The third-order valence-electron chi connectivity index (χ3n) is 6.08. The molecule has 2 atom stereocenters. The Labute approximate surface area is 148 Å². The molecule has 0 radical (unpaired) electrons. The van der Waals surface area contributed by atoms with Crippen molar-refractivity contribution in [2.75, 3.05) is 26.2 Å². The highest BCUT2D eigenvalue weighted by Crippen LogP contribution is 2.36. The summed E-state index contributed by atoms with van der Waals surface area (Å²) >= 11 is 0. The molecule has 146 valence electrons. The van der Waals surface area contributed by atoms with E-state index in [0.29, 0.717) is 12.5 Å². The summed E-state index contributed by atoms with van der Waals surface area (Å²) in [6.07, 6.45) is 7.50. The van der Waals surface area contributed by atoms with Crippen LogP contribution in [0, 0.1) is 0 Å². The maximum absolute atomic E-state index is 12.7. The van der Waals surface area contributed by atoms with Gasteiger partial charge in [0.1, 0.15) is 0 Å². The number of piperidine rings is 1. The van der Waals surface area contributed by atoms with E-state index in [1.165, 1.54) is 25.9 Å². The Kier molecular flexibility index (Phi) is 5.97. The van der Waals surface area contributed by atoms with Crippen LogP contribution < -0.4 is 4.90 Å². The van der Waals surface area contributed by atoms with Crippen molar-refractivity contribution in [3.8, 4) is 0 Å². The Bertz CT molecular complexity index is 541. The average molecular weight is 383 g/mol. The van der Waals surface area contributed by atoms with Crippen molar-refractivity contribution < 1.29 is 26.5 Å². The topological polar surface area (TPSA) is 55.9 Å². The highest BCUT2D eigenvalue weighted by atomic mass is 32.2. The Hall–Kier alpha value is -0.380. The lowest BCUT2D eigenvalue weighted by molar-refractivity contribution is -0.914. The molecule has 5 nitrogen and oxygen atoms in total. The van der Waals surface area contributed by atoms with Crippen molar-refractivity contribution in [1.82, 2.24) is 4.90 Å². The van der Waals surface area contributed by atoms with Gasteiger partial charge in [0.05, 0.1) is 19.1 Å². The van der Waals surface area contributed by atoms with E-state index in [-0.39, 0.29) is 6.04 Å². The quantitative estimate of drug-likeness (QED) is 0.803. The summed E-state index contributed by atoms with van der Waals surface area (Å²) in [7, 11) is -5.40. The Balaban J connectivity index is 1.60. The van der Waals surface area contributed by atoms with Gasteiger partial charge in [-0.3, -0.25) is 0 Å². The first-order chi connectivity index (χ1) is 11.8. The molecule has 2 saturated heterocycles. The van der Waals surface area contributed by atoms with Gasteiger partial charge in [0.15, 0.2) is 10.0 Å². The number of halogens is 3. The highest BCUT2D eigenvalue weighted by Gasteiger charge is 2.41. The molecule has 2 heterocycles. The van der Waals surface area contributed by atoms with Crippen LogP contribution in [0.15, 0.2) is 0 Å². The maximum atomic E-state index is 12.7. The highest BCUT2D eigenvalue weighted by molar-refractivity contribution is 7.94. The summed E-state index contributed by atoms with van der Waals surface area (Å²) in [5.41, 5.74) is -5.29. The van der Waals surface area contributed by atoms with E-state index in [1.54, 1.807) is 4.90 Å². The molecule has 0 aromatic heterocycles. The predicted molar refractivity (Wildman–Crippen MR) is 88.9 cm³/mol. The van der Waals surface area contributed by atoms with Crippen molar-refractivity contribution in [2.45, 2.75) is 75.0 Å². The van der Waals surface area contributed by atoms with E-state index >= 15 is 0 Å². The minimum atomic E-state index is -5.40. The number of quaternary nitrogens is 1. The zero-order valence-corrected chi connectivity index (χ0v) is 15.3. The van der Waals surface area contributed by atoms with Crippen LogP contribution in [0.3, 0.4) is 0 Å². The van der Waals surface area contributed by atoms with E-state index < -0.39 is 21.6 Å². The van der Waals surface area contributed by atoms with Gasteiger partial charge in [-0.25, -0.2) is 8.42 Å². The van der Waals surface area contributed by atoms with Crippen molar-refractivity contribution in [2.24, 2.45) is 0 Å². The van der Waals surface area contributed by atoms with Crippen molar-refractivity contribution in [3.05, 3.63) is 4.72 Å². The molecule has 1 aliphatic carbocycles. The van der Waals surface area contributed by atoms with Crippen LogP contribution in [0.4, 0.5) is 13.2 Å². The Morgan fingerprint density at radius 3 is 2.12 bits per heavy atom. The van der Waals surface area contributed by atoms with Gasteiger partial charge < -0.3 is 14.5 Å². The van der Waals surface area contributed by atoms with Crippen LogP contribution in [0.25, 0.3) is 4.72 Å². The van der Waals surface area contributed by atoms with Gasteiger partial charge in [0.25, 0.3) is 0 Å². The van der Waals surface area contributed by atoms with Crippen LogP contribution in [-0.2, 0) is 10.0 Å². The molecule has 2 aliphatic heterocycles. The molecular weight excluding hydrogens is 355 g/mol. The molecular formula is C16H28F3N3O2S. The fourth-order valence-electron chi connectivity index (χ4n) is 4.76. The minimum Gasteiger partial charge on any atom is -0.537 e. The molecule has 3 fully saturated rings. The first kappa shape index (κ1) is 19.4. The van der Waals surface area contributed by atoms with Gasteiger partial charge in [-0.1, -0.05) is 19.3 Å². The molecule has 3 aliphatic rings. The van der Waals surface area contributed by atoms with Crippen LogP contribution in [-0.4, -0.2) is 63.1 Å².